The molecule has 2 aliphatic rings. The Labute approximate surface area is 158 Å². The van der Waals surface area contributed by atoms with E-state index in [1.807, 2.05) is 22.6 Å². The Morgan fingerprint density at radius 3 is 2.68 bits per heavy atom. The quantitative estimate of drug-likeness (QED) is 0.544. The standard InChI is InChI=1S/C20H15F2N5O/c21-19(22)12-3-11(5-23-6-12)10-1-2-15-16(4-10)27-17(7-24-15)25-26-20(27)18-13-8-28-9-14(13)18/h1-7,13-14,18-19H,8-9H2/t13-,14+,18?. The van der Waals surface area contributed by atoms with Gasteiger partial charge in [0.1, 0.15) is 5.82 Å². The minimum atomic E-state index is -2.55. The molecule has 4 aromatic rings. The highest BCUT2D eigenvalue weighted by atomic mass is 19.3. The maximum Gasteiger partial charge on any atom is 0.265 e. The molecule has 0 radical (unpaired) electrons. The second kappa shape index (κ2) is 5.75. The van der Waals surface area contributed by atoms with E-state index >= 15 is 0 Å². The first-order valence-corrected chi connectivity index (χ1v) is 9.16. The van der Waals surface area contributed by atoms with E-state index in [1.165, 1.54) is 12.3 Å². The van der Waals surface area contributed by atoms with Crippen molar-refractivity contribution in [3.8, 4) is 11.1 Å². The third kappa shape index (κ3) is 2.27. The molecule has 3 atom stereocenters. The van der Waals surface area contributed by atoms with Crippen LogP contribution < -0.4 is 0 Å². The number of hydrogen-bond donors (Lipinski definition) is 0. The van der Waals surface area contributed by atoms with Crippen LogP contribution >= 0.6 is 0 Å². The van der Waals surface area contributed by atoms with Gasteiger partial charge in [0.05, 0.1) is 30.4 Å². The van der Waals surface area contributed by atoms with E-state index in [0.29, 0.717) is 29.0 Å². The first-order chi connectivity index (χ1) is 13.7. The molecule has 8 heteroatoms. The molecule has 1 saturated heterocycles. The van der Waals surface area contributed by atoms with Crippen molar-refractivity contribution in [1.29, 1.82) is 0 Å². The van der Waals surface area contributed by atoms with Gasteiger partial charge in [-0.15, -0.1) is 10.2 Å². The second-order valence-corrected chi connectivity index (χ2v) is 7.41. The van der Waals surface area contributed by atoms with Crippen LogP contribution in [-0.4, -0.2) is 37.8 Å². The molecule has 3 aromatic heterocycles. The van der Waals surface area contributed by atoms with Gasteiger partial charge >= 0.3 is 0 Å². The molecule has 1 aliphatic heterocycles. The summed E-state index contributed by atoms with van der Waals surface area (Å²) in [6, 6.07) is 7.18. The molecule has 6 nitrogen and oxygen atoms in total. The predicted octanol–water partition coefficient (Wildman–Crippen LogP) is 3.64. The normalized spacial score (nSPS) is 23.6. The second-order valence-electron chi connectivity index (χ2n) is 7.41. The first kappa shape index (κ1) is 16.0. The molecular formula is C20H15F2N5O. The molecule has 1 aliphatic carbocycles. The Bertz CT molecular complexity index is 1210. The Kier molecular flexibility index (Phi) is 3.28. The lowest BCUT2D eigenvalue weighted by atomic mass is 10.1. The van der Waals surface area contributed by atoms with Gasteiger partial charge < -0.3 is 4.74 Å². The number of ether oxygens (including phenoxy) is 1. The fourth-order valence-electron chi connectivity index (χ4n) is 4.33. The zero-order chi connectivity index (χ0) is 18.8. The lowest BCUT2D eigenvalue weighted by Crippen LogP contribution is -2.03. The number of alkyl halides is 2. The van der Waals surface area contributed by atoms with Gasteiger partial charge in [-0.3, -0.25) is 14.4 Å². The van der Waals surface area contributed by atoms with Crippen molar-refractivity contribution in [3.05, 3.63) is 54.2 Å². The molecule has 1 aromatic carbocycles. The Balaban J connectivity index is 1.53. The monoisotopic (exact) mass is 379 g/mol. The number of nitrogens with zero attached hydrogens (tertiary/aromatic N) is 5. The lowest BCUT2D eigenvalue weighted by molar-refractivity contribution is 0.151. The van der Waals surface area contributed by atoms with Crippen LogP contribution in [0, 0.1) is 11.8 Å². The van der Waals surface area contributed by atoms with Crippen LogP contribution in [0.15, 0.2) is 42.9 Å². The average Bonchev–Trinajstić information content (AvgIpc) is 3.09. The van der Waals surface area contributed by atoms with Gasteiger partial charge in [-0.2, -0.15) is 0 Å². The smallest absolute Gasteiger partial charge is 0.265 e. The van der Waals surface area contributed by atoms with E-state index in [2.05, 4.69) is 20.2 Å². The van der Waals surface area contributed by atoms with Crippen molar-refractivity contribution < 1.29 is 13.5 Å². The molecular weight excluding hydrogens is 364 g/mol. The summed E-state index contributed by atoms with van der Waals surface area (Å²) in [5.41, 5.74) is 3.70. The Morgan fingerprint density at radius 2 is 1.86 bits per heavy atom. The van der Waals surface area contributed by atoms with Crippen LogP contribution in [0.4, 0.5) is 8.78 Å². The summed E-state index contributed by atoms with van der Waals surface area (Å²) in [5, 5.41) is 8.73. The van der Waals surface area contributed by atoms with Crippen LogP contribution in [-0.2, 0) is 4.74 Å². The molecule has 28 heavy (non-hydrogen) atoms. The summed E-state index contributed by atoms with van der Waals surface area (Å²) in [5.74, 6) is 2.29. The fourth-order valence-corrected chi connectivity index (χ4v) is 4.33. The van der Waals surface area contributed by atoms with E-state index in [0.717, 1.165) is 35.6 Å². The maximum absolute atomic E-state index is 13.1. The topological polar surface area (TPSA) is 65.2 Å². The molecule has 140 valence electrons. The number of hydrogen-bond acceptors (Lipinski definition) is 5. The number of benzene rings is 1. The summed E-state index contributed by atoms with van der Waals surface area (Å²) in [6.07, 6.45) is 1.95. The fraction of sp³-hybridized carbons (Fsp3) is 0.300. The molecule has 2 fully saturated rings. The SMILES string of the molecule is FC(F)c1cncc(-c2ccc3ncc4nnc(C5[C@H]6COC[C@@H]56)n4c3c2)c1. The maximum atomic E-state index is 13.1. The summed E-state index contributed by atoms with van der Waals surface area (Å²) in [4.78, 5) is 8.44. The first-order valence-electron chi connectivity index (χ1n) is 9.16. The molecule has 0 bridgehead atoms. The third-order valence-corrected chi connectivity index (χ3v) is 5.84. The number of pyridine rings is 1. The zero-order valence-corrected chi connectivity index (χ0v) is 14.7. The van der Waals surface area contributed by atoms with E-state index < -0.39 is 6.43 Å². The summed E-state index contributed by atoms with van der Waals surface area (Å²) in [6.45, 7) is 1.54. The van der Waals surface area contributed by atoms with Crippen LogP contribution in [0.1, 0.15) is 23.7 Å². The van der Waals surface area contributed by atoms with Gasteiger partial charge in [0.15, 0.2) is 5.65 Å². The molecule has 0 amide bonds. The molecule has 1 saturated carbocycles. The Hall–Kier alpha value is -3.00. The number of halogens is 2. The van der Waals surface area contributed by atoms with Crippen molar-refractivity contribution >= 4 is 16.7 Å². The molecule has 4 heterocycles. The van der Waals surface area contributed by atoms with Gasteiger partial charge in [0.25, 0.3) is 6.43 Å². The van der Waals surface area contributed by atoms with E-state index in [4.69, 9.17) is 4.74 Å². The predicted molar refractivity (Wildman–Crippen MR) is 97.0 cm³/mol. The number of fused-ring (bicyclic) bond motifs is 4. The summed E-state index contributed by atoms with van der Waals surface area (Å²) < 4.78 is 33.7. The van der Waals surface area contributed by atoms with Crippen LogP contribution in [0.5, 0.6) is 0 Å². The molecule has 6 rings (SSSR count). The number of rotatable bonds is 3. The molecule has 1 unspecified atom stereocenters. The minimum absolute atomic E-state index is 0.0928. The van der Waals surface area contributed by atoms with Gasteiger partial charge in [-0.1, -0.05) is 6.07 Å². The average molecular weight is 379 g/mol. The highest BCUT2D eigenvalue weighted by molar-refractivity contribution is 5.83. The highest BCUT2D eigenvalue weighted by Crippen LogP contribution is 2.57. The molecule has 0 spiro atoms. The van der Waals surface area contributed by atoms with Gasteiger partial charge in [-0.05, 0) is 35.6 Å². The van der Waals surface area contributed by atoms with Gasteiger partial charge in [0.2, 0.25) is 0 Å². The highest BCUT2D eigenvalue weighted by Gasteiger charge is 2.57. The molecule has 0 N–H and O–H groups in total. The Morgan fingerprint density at radius 1 is 1.00 bits per heavy atom. The van der Waals surface area contributed by atoms with E-state index in [-0.39, 0.29) is 5.56 Å². The van der Waals surface area contributed by atoms with Crippen molar-refractivity contribution in [1.82, 2.24) is 24.6 Å². The van der Waals surface area contributed by atoms with Crippen molar-refractivity contribution in [3.63, 3.8) is 0 Å². The van der Waals surface area contributed by atoms with Gasteiger partial charge in [0, 0.05) is 29.4 Å². The largest absolute Gasteiger partial charge is 0.381 e. The van der Waals surface area contributed by atoms with Crippen molar-refractivity contribution in [2.45, 2.75) is 12.3 Å². The lowest BCUT2D eigenvalue weighted by Gasteiger charge is -2.09. The summed E-state index contributed by atoms with van der Waals surface area (Å²) >= 11 is 0. The van der Waals surface area contributed by atoms with Gasteiger partial charge in [-0.25, -0.2) is 8.78 Å². The number of aromatic nitrogens is 5. The van der Waals surface area contributed by atoms with Crippen LogP contribution in [0.25, 0.3) is 27.8 Å². The van der Waals surface area contributed by atoms with Crippen LogP contribution in [0.3, 0.4) is 0 Å². The van der Waals surface area contributed by atoms with Crippen LogP contribution in [0.2, 0.25) is 0 Å². The van der Waals surface area contributed by atoms with Crippen molar-refractivity contribution in [2.24, 2.45) is 11.8 Å². The van der Waals surface area contributed by atoms with Crippen molar-refractivity contribution in [2.75, 3.05) is 13.2 Å². The minimum Gasteiger partial charge on any atom is -0.381 e. The van der Waals surface area contributed by atoms with E-state index in [1.54, 1.807) is 12.4 Å². The summed E-state index contributed by atoms with van der Waals surface area (Å²) in [7, 11) is 0. The third-order valence-electron chi connectivity index (χ3n) is 5.84. The zero-order valence-electron chi connectivity index (χ0n) is 14.7. The van der Waals surface area contributed by atoms with E-state index in [9.17, 15) is 8.78 Å².